The summed E-state index contributed by atoms with van der Waals surface area (Å²) in [6, 6.07) is 5.71. The molecule has 0 unspecified atom stereocenters. The van der Waals surface area contributed by atoms with Crippen LogP contribution in [-0.2, 0) is 4.79 Å². The average Bonchev–Trinajstić information content (AvgIpc) is 3.39. The molecule has 0 aliphatic heterocycles. The van der Waals surface area contributed by atoms with Crippen molar-refractivity contribution in [1.29, 1.82) is 0 Å². The fourth-order valence-electron chi connectivity index (χ4n) is 3.43. The highest BCUT2D eigenvalue weighted by Gasteiger charge is 2.18. The van der Waals surface area contributed by atoms with Crippen molar-refractivity contribution < 1.29 is 14.0 Å². The minimum absolute atomic E-state index is 0.166. The number of rotatable bonds is 6. The Morgan fingerprint density at radius 1 is 1.17 bits per heavy atom. The molecule has 0 radical (unpaired) electrons. The number of hydrogen-bond donors (Lipinski definition) is 2. The zero-order valence-corrected chi connectivity index (χ0v) is 17.0. The van der Waals surface area contributed by atoms with E-state index in [1.54, 1.807) is 23.0 Å². The maximum atomic E-state index is 13.2. The molecule has 1 saturated carbocycles. The van der Waals surface area contributed by atoms with Crippen LogP contribution in [0.3, 0.4) is 0 Å². The van der Waals surface area contributed by atoms with Crippen LogP contribution in [0.1, 0.15) is 32.1 Å². The van der Waals surface area contributed by atoms with Crippen LogP contribution >= 0.6 is 11.8 Å². The monoisotopic (exact) mass is 428 g/mol. The second kappa shape index (κ2) is 9.21. The number of nitrogens with zero attached hydrogens (tertiary/aromatic N) is 4. The van der Waals surface area contributed by atoms with Gasteiger partial charge in [-0.3, -0.25) is 10.1 Å². The van der Waals surface area contributed by atoms with Crippen LogP contribution in [0.2, 0.25) is 0 Å². The van der Waals surface area contributed by atoms with Crippen LogP contribution < -0.4 is 10.6 Å². The molecule has 1 aliphatic rings. The van der Waals surface area contributed by atoms with E-state index >= 15 is 0 Å². The summed E-state index contributed by atoms with van der Waals surface area (Å²) in [7, 11) is 0. The van der Waals surface area contributed by atoms with E-state index < -0.39 is 6.03 Å². The van der Waals surface area contributed by atoms with Gasteiger partial charge in [0.2, 0.25) is 5.91 Å². The Bertz CT molecular complexity index is 1050. The first kappa shape index (κ1) is 20.3. The van der Waals surface area contributed by atoms with Crippen LogP contribution in [0.4, 0.5) is 9.18 Å². The van der Waals surface area contributed by atoms with Crippen molar-refractivity contribution in [2.24, 2.45) is 0 Å². The van der Waals surface area contributed by atoms with Crippen molar-refractivity contribution in [3.05, 3.63) is 42.6 Å². The molecule has 156 valence electrons. The molecule has 1 fully saturated rings. The molecular formula is C20H21FN6O2S. The quantitative estimate of drug-likeness (QED) is 0.462. The number of benzene rings is 1. The summed E-state index contributed by atoms with van der Waals surface area (Å²) < 4.78 is 14.8. The van der Waals surface area contributed by atoms with Crippen molar-refractivity contribution in [3.63, 3.8) is 0 Å². The van der Waals surface area contributed by atoms with Crippen LogP contribution in [0.15, 0.2) is 41.8 Å². The predicted molar refractivity (Wildman–Crippen MR) is 111 cm³/mol. The predicted octanol–water partition coefficient (Wildman–Crippen LogP) is 3.21. The Labute approximate surface area is 176 Å². The molecular weight excluding hydrogens is 407 g/mol. The number of amides is 3. The second-order valence-corrected chi connectivity index (χ2v) is 8.13. The van der Waals surface area contributed by atoms with E-state index in [0.29, 0.717) is 22.1 Å². The molecule has 30 heavy (non-hydrogen) atoms. The van der Waals surface area contributed by atoms with E-state index in [-0.39, 0.29) is 24.2 Å². The molecule has 1 aromatic carbocycles. The minimum Gasteiger partial charge on any atom is -0.335 e. The molecule has 3 aromatic rings. The van der Waals surface area contributed by atoms with Crippen LogP contribution in [0.25, 0.3) is 16.7 Å². The van der Waals surface area contributed by atoms with Gasteiger partial charge in [-0.05, 0) is 37.1 Å². The van der Waals surface area contributed by atoms with Gasteiger partial charge >= 0.3 is 6.03 Å². The van der Waals surface area contributed by atoms with Gasteiger partial charge in [0.1, 0.15) is 17.2 Å². The Kier molecular flexibility index (Phi) is 6.22. The summed E-state index contributed by atoms with van der Waals surface area (Å²) >= 11 is 1.39. The van der Waals surface area contributed by atoms with Gasteiger partial charge in [0, 0.05) is 18.2 Å². The summed E-state index contributed by atoms with van der Waals surface area (Å²) in [5.74, 6) is -0.197. The molecule has 0 atom stereocenters. The maximum Gasteiger partial charge on any atom is 0.321 e. The second-order valence-electron chi connectivity index (χ2n) is 7.05. The molecule has 0 spiro atoms. The van der Waals surface area contributed by atoms with E-state index in [1.807, 2.05) is 0 Å². The van der Waals surface area contributed by atoms with Gasteiger partial charge < -0.3 is 5.32 Å². The largest absolute Gasteiger partial charge is 0.335 e. The van der Waals surface area contributed by atoms with Crippen molar-refractivity contribution >= 4 is 34.7 Å². The Morgan fingerprint density at radius 3 is 2.70 bits per heavy atom. The lowest BCUT2D eigenvalue weighted by molar-refractivity contribution is -0.119. The highest BCUT2D eigenvalue weighted by molar-refractivity contribution is 7.99. The molecule has 8 nitrogen and oxygen atoms in total. The van der Waals surface area contributed by atoms with Gasteiger partial charge in [0.05, 0.1) is 17.3 Å². The van der Waals surface area contributed by atoms with Crippen LogP contribution in [0, 0.1) is 5.82 Å². The minimum atomic E-state index is -0.429. The number of thioether (sulfide) groups is 1. The number of imide groups is 1. The molecule has 2 heterocycles. The number of hydrogen-bond acceptors (Lipinski definition) is 6. The number of urea groups is 1. The summed E-state index contributed by atoms with van der Waals surface area (Å²) in [5, 5.41) is 11.0. The lowest BCUT2D eigenvalue weighted by Gasteiger charge is -2.12. The van der Waals surface area contributed by atoms with Crippen molar-refractivity contribution in [2.75, 3.05) is 5.75 Å². The lowest BCUT2D eigenvalue weighted by Crippen LogP contribution is -2.43. The molecule has 0 saturated heterocycles. The molecule has 1 aliphatic carbocycles. The van der Waals surface area contributed by atoms with Gasteiger partial charge in [-0.1, -0.05) is 12.8 Å². The van der Waals surface area contributed by atoms with Gasteiger partial charge in [-0.15, -0.1) is 11.8 Å². The third-order valence-corrected chi connectivity index (χ3v) is 5.92. The topological polar surface area (TPSA) is 102 Å². The van der Waals surface area contributed by atoms with E-state index in [4.69, 9.17) is 0 Å². The third kappa shape index (κ3) is 4.76. The fraction of sp³-hybridized carbons (Fsp3) is 0.350. The maximum absolute atomic E-state index is 13.2. The summed E-state index contributed by atoms with van der Waals surface area (Å²) in [6.45, 7) is 0. The third-order valence-electron chi connectivity index (χ3n) is 4.91. The molecule has 4 rings (SSSR count). The van der Waals surface area contributed by atoms with E-state index in [2.05, 4.69) is 25.7 Å². The molecule has 10 heteroatoms. The highest BCUT2D eigenvalue weighted by atomic mass is 32.2. The van der Waals surface area contributed by atoms with E-state index in [9.17, 15) is 14.0 Å². The van der Waals surface area contributed by atoms with Gasteiger partial charge in [0.15, 0.2) is 5.65 Å². The first-order valence-corrected chi connectivity index (χ1v) is 10.8. The van der Waals surface area contributed by atoms with E-state index in [1.165, 1.54) is 30.2 Å². The SMILES string of the molecule is O=C(CCSc1ncnc2c1cnn2-c1ccc(F)cc1)NC(=O)NC1CCCC1. The lowest BCUT2D eigenvalue weighted by atomic mass is 10.2. The van der Waals surface area contributed by atoms with Crippen molar-refractivity contribution in [2.45, 2.75) is 43.2 Å². The average molecular weight is 428 g/mol. The number of aromatic nitrogens is 4. The van der Waals surface area contributed by atoms with Crippen LogP contribution in [0.5, 0.6) is 0 Å². The van der Waals surface area contributed by atoms with Gasteiger partial charge in [-0.25, -0.2) is 23.8 Å². The van der Waals surface area contributed by atoms with Crippen LogP contribution in [-0.4, -0.2) is 43.5 Å². The Morgan fingerprint density at radius 2 is 1.93 bits per heavy atom. The summed E-state index contributed by atoms with van der Waals surface area (Å²) in [5.41, 5.74) is 1.29. The molecule has 2 aromatic heterocycles. The van der Waals surface area contributed by atoms with Crippen molar-refractivity contribution in [3.8, 4) is 5.69 Å². The highest BCUT2D eigenvalue weighted by Crippen LogP contribution is 2.26. The number of carbonyl (C=O) groups is 2. The summed E-state index contributed by atoms with van der Waals surface area (Å²) in [4.78, 5) is 32.5. The van der Waals surface area contributed by atoms with Gasteiger partial charge in [0.25, 0.3) is 0 Å². The molecule has 2 N–H and O–H groups in total. The van der Waals surface area contributed by atoms with E-state index in [0.717, 1.165) is 31.1 Å². The normalized spacial score (nSPS) is 14.2. The number of halogens is 1. The van der Waals surface area contributed by atoms with Gasteiger partial charge in [-0.2, -0.15) is 5.10 Å². The molecule has 3 amide bonds. The first-order valence-electron chi connectivity index (χ1n) is 9.78. The fourth-order valence-corrected chi connectivity index (χ4v) is 4.33. The van der Waals surface area contributed by atoms with Crippen molar-refractivity contribution in [1.82, 2.24) is 30.4 Å². The summed E-state index contributed by atoms with van der Waals surface area (Å²) in [6.07, 6.45) is 7.42. The standard InChI is InChI=1S/C20H21FN6O2S/c21-13-5-7-15(8-6-13)27-18-16(11-24-27)19(23-12-22-18)30-10-9-17(28)26-20(29)25-14-3-1-2-4-14/h5-8,11-12,14H,1-4,9-10H2,(H2,25,26,28,29). The molecule has 0 bridgehead atoms. The number of fused-ring (bicyclic) bond motifs is 1. The number of carbonyl (C=O) groups excluding carboxylic acids is 2. The zero-order chi connectivity index (χ0) is 20.9. The Hall–Kier alpha value is -3.01. The Balaban J connectivity index is 1.34. The zero-order valence-electron chi connectivity index (χ0n) is 16.2. The first-order chi connectivity index (χ1) is 14.6. The smallest absolute Gasteiger partial charge is 0.321 e. The number of nitrogens with one attached hydrogen (secondary N) is 2.